The number of piperidine rings is 1. The van der Waals surface area contributed by atoms with Gasteiger partial charge in [0, 0.05) is 26.1 Å². The fourth-order valence-electron chi connectivity index (χ4n) is 4.87. The topological polar surface area (TPSA) is 75.7 Å². The van der Waals surface area contributed by atoms with Gasteiger partial charge in [0.05, 0.1) is 5.41 Å². The summed E-state index contributed by atoms with van der Waals surface area (Å²) in [5, 5.41) is 3.06. The molecule has 0 radical (unpaired) electrons. The van der Waals surface area contributed by atoms with Crippen LogP contribution in [0.5, 0.6) is 0 Å². The van der Waals surface area contributed by atoms with Crippen molar-refractivity contribution in [2.75, 3.05) is 19.7 Å². The first-order chi connectivity index (χ1) is 14.3. The van der Waals surface area contributed by atoms with Crippen molar-refractivity contribution < 1.29 is 19.1 Å². The summed E-state index contributed by atoms with van der Waals surface area (Å²) in [5.41, 5.74) is 0.0634. The van der Waals surface area contributed by atoms with Crippen molar-refractivity contribution in [3.05, 3.63) is 35.9 Å². The predicted octanol–water partition coefficient (Wildman–Crippen LogP) is 3.05. The molecule has 6 nitrogen and oxygen atoms in total. The van der Waals surface area contributed by atoms with E-state index in [9.17, 15) is 14.4 Å². The SMILES string of the molecule is CC(=O)N1CCC(C(=O)OCC(=O)N[C@@H]2CCC[C@@H](C)[C@H]2C)(c2ccccc2)CC1. The molecule has 0 unspecified atom stereocenters. The summed E-state index contributed by atoms with van der Waals surface area (Å²) < 4.78 is 5.55. The van der Waals surface area contributed by atoms with Gasteiger partial charge in [0.15, 0.2) is 6.61 Å². The summed E-state index contributed by atoms with van der Waals surface area (Å²) in [4.78, 5) is 39.2. The zero-order chi connectivity index (χ0) is 21.7. The number of nitrogens with one attached hydrogen (secondary N) is 1. The summed E-state index contributed by atoms with van der Waals surface area (Å²) in [6.07, 6.45) is 4.27. The number of hydrogen-bond acceptors (Lipinski definition) is 4. The summed E-state index contributed by atoms with van der Waals surface area (Å²) in [6, 6.07) is 9.71. The minimum Gasteiger partial charge on any atom is -0.455 e. The van der Waals surface area contributed by atoms with Crippen molar-refractivity contribution in [1.29, 1.82) is 0 Å². The number of rotatable bonds is 5. The Morgan fingerprint density at radius 2 is 1.77 bits per heavy atom. The second kappa shape index (κ2) is 9.63. The van der Waals surface area contributed by atoms with Crippen molar-refractivity contribution in [3.8, 4) is 0 Å². The van der Waals surface area contributed by atoms with Gasteiger partial charge >= 0.3 is 5.97 Å². The van der Waals surface area contributed by atoms with Crippen LogP contribution in [-0.2, 0) is 24.5 Å². The quantitative estimate of drug-likeness (QED) is 0.752. The molecule has 1 aliphatic heterocycles. The van der Waals surface area contributed by atoms with Gasteiger partial charge in [-0.25, -0.2) is 0 Å². The van der Waals surface area contributed by atoms with Gasteiger partial charge in [-0.2, -0.15) is 0 Å². The maximum atomic E-state index is 13.2. The first-order valence-corrected chi connectivity index (χ1v) is 11.1. The van der Waals surface area contributed by atoms with Crippen LogP contribution in [0.25, 0.3) is 0 Å². The number of hydrogen-bond donors (Lipinski definition) is 1. The molecule has 164 valence electrons. The summed E-state index contributed by atoms with van der Waals surface area (Å²) in [5.74, 6) is 0.403. The Labute approximate surface area is 179 Å². The highest BCUT2D eigenvalue weighted by molar-refractivity contribution is 5.87. The Hall–Kier alpha value is -2.37. The van der Waals surface area contributed by atoms with Gasteiger partial charge < -0.3 is 15.0 Å². The van der Waals surface area contributed by atoms with Gasteiger partial charge in [-0.05, 0) is 36.7 Å². The lowest BCUT2D eigenvalue weighted by molar-refractivity contribution is -0.157. The molecule has 30 heavy (non-hydrogen) atoms. The van der Waals surface area contributed by atoms with Crippen LogP contribution in [-0.4, -0.2) is 48.4 Å². The van der Waals surface area contributed by atoms with Crippen molar-refractivity contribution in [3.63, 3.8) is 0 Å². The molecule has 1 aliphatic carbocycles. The normalized spacial score (nSPS) is 26.0. The van der Waals surface area contributed by atoms with Crippen molar-refractivity contribution >= 4 is 17.8 Å². The van der Waals surface area contributed by atoms with Crippen LogP contribution in [0.2, 0.25) is 0 Å². The van der Waals surface area contributed by atoms with E-state index >= 15 is 0 Å². The zero-order valence-electron chi connectivity index (χ0n) is 18.4. The fraction of sp³-hybridized carbons (Fsp3) is 0.625. The Morgan fingerprint density at radius 3 is 2.40 bits per heavy atom. The lowest BCUT2D eigenvalue weighted by Gasteiger charge is -2.40. The monoisotopic (exact) mass is 414 g/mol. The van der Waals surface area contributed by atoms with Crippen LogP contribution in [0.4, 0.5) is 0 Å². The maximum absolute atomic E-state index is 13.2. The van der Waals surface area contributed by atoms with Gasteiger partial charge in [0.2, 0.25) is 5.91 Å². The third-order valence-electron chi connectivity index (χ3n) is 7.17. The molecule has 0 bridgehead atoms. The van der Waals surface area contributed by atoms with E-state index < -0.39 is 5.41 Å². The number of benzene rings is 1. The molecule has 6 heteroatoms. The van der Waals surface area contributed by atoms with E-state index in [-0.39, 0.29) is 30.4 Å². The molecule has 2 fully saturated rings. The van der Waals surface area contributed by atoms with Gasteiger partial charge in [-0.3, -0.25) is 14.4 Å². The van der Waals surface area contributed by atoms with E-state index in [0.717, 1.165) is 18.4 Å². The molecule has 2 amide bonds. The second-order valence-corrected chi connectivity index (χ2v) is 8.97. The molecule has 1 aromatic carbocycles. The van der Waals surface area contributed by atoms with Gasteiger partial charge in [0.1, 0.15) is 0 Å². The molecular formula is C24H34N2O4. The van der Waals surface area contributed by atoms with Crippen LogP contribution in [0.3, 0.4) is 0 Å². The maximum Gasteiger partial charge on any atom is 0.317 e. The third-order valence-corrected chi connectivity index (χ3v) is 7.17. The highest BCUT2D eigenvalue weighted by Crippen LogP contribution is 2.37. The van der Waals surface area contributed by atoms with Crippen LogP contribution in [0, 0.1) is 11.8 Å². The first kappa shape index (κ1) is 22.3. The molecule has 1 aromatic rings. The van der Waals surface area contributed by atoms with Crippen LogP contribution in [0.1, 0.15) is 58.4 Å². The molecule has 1 saturated heterocycles. The molecule has 2 aliphatic rings. The number of carbonyl (C=O) groups excluding carboxylic acids is 3. The van der Waals surface area contributed by atoms with Crippen LogP contribution >= 0.6 is 0 Å². The minimum atomic E-state index is -0.819. The van der Waals surface area contributed by atoms with Crippen LogP contribution in [0.15, 0.2) is 30.3 Å². The molecule has 3 rings (SSSR count). The zero-order valence-corrected chi connectivity index (χ0v) is 18.4. The first-order valence-electron chi connectivity index (χ1n) is 11.1. The Bertz CT molecular complexity index is 756. The summed E-state index contributed by atoms with van der Waals surface area (Å²) in [6.45, 7) is 6.69. The Kier molecular flexibility index (Phi) is 7.16. The molecule has 1 saturated carbocycles. The Morgan fingerprint density at radius 1 is 1.10 bits per heavy atom. The summed E-state index contributed by atoms with van der Waals surface area (Å²) in [7, 11) is 0. The lowest BCUT2D eigenvalue weighted by atomic mass is 9.72. The van der Waals surface area contributed by atoms with Gasteiger partial charge in [0.25, 0.3) is 5.91 Å². The van der Waals surface area contributed by atoms with E-state index in [2.05, 4.69) is 19.2 Å². The number of carbonyl (C=O) groups is 3. The van der Waals surface area contributed by atoms with E-state index in [0.29, 0.717) is 37.8 Å². The van der Waals surface area contributed by atoms with Crippen molar-refractivity contribution in [2.45, 2.75) is 64.3 Å². The number of amides is 2. The largest absolute Gasteiger partial charge is 0.455 e. The van der Waals surface area contributed by atoms with Crippen molar-refractivity contribution in [2.24, 2.45) is 11.8 Å². The van der Waals surface area contributed by atoms with Crippen LogP contribution < -0.4 is 5.32 Å². The number of likely N-dealkylation sites (tertiary alicyclic amines) is 1. The smallest absolute Gasteiger partial charge is 0.317 e. The number of esters is 1. The molecule has 3 atom stereocenters. The minimum absolute atomic E-state index is 0.0141. The number of ether oxygens (including phenoxy) is 1. The second-order valence-electron chi connectivity index (χ2n) is 8.97. The summed E-state index contributed by atoms with van der Waals surface area (Å²) >= 11 is 0. The third kappa shape index (κ3) is 4.85. The molecule has 1 N–H and O–H groups in total. The number of nitrogens with zero attached hydrogens (tertiary/aromatic N) is 1. The average molecular weight is 415 g/mol. The fourth-order valence-corrected chi connectivity index (χ4v) is 4.87. The van der Waals surface area contributed by atoms with E-state index in [4.69, 9.17) is 4.74 Å². The molecule has 1 heterocycles. The van der Waals surface area contributed by atoms with Gasteiger partial charge in [-0.15, -0.1) is 0 Å². The van der Waals surface area contributed by atoms with E-state index in [1.807, 2.05) is 30.3 Å². The van der Waals surface area contributed by atoms with E-state index in [1.54, 1.807) is 11.8 Å². The predicted molar refractivity (Wildman–Crippen MR) is 115 cm³/mol. The lowest BCUT2D eigenvalue weighted by Crippen LogP contribution is -2.50. The molecule has 0 spiro atoms. The standard InChI is InChI=1S/C24H34N2O4/c1-17-8-7-11-21(18(17)2)25-22(28)16-30-23(29)24(20-9-5-4-6-10-20)12-14-26(15-13-24)19(3)27/h4-6,9-10,17-18,21H,7-8,11-16H2,1-3H3,(H,25,28)/t17-,18-,21-/m1/s1. The van der Waals surface area contributed by atoms with Crippen molar-refractivity contribution in [1.82, 2.24) is 10.2 Å². The highest BCUT2D eigenvalue weighted by atomic mass is 16.5. The highest BCUT2D eigenvalue weighted by Gasteiger charge is 2.45. The van der Waals surface area contributed by atoms with E-state index in [1.165, 1.54) is 6.42 Å². The average Bonchev–Trinajstić information content (AvgIpc) is 2.76. The van der Waals surface area contributed by atoms with Gasteiger partial charge in [-0.1, -0.05) is 57.0 Å². The molecule has 0 aromatic heterocycles. The Balaban J connectivity index is 1.64. The molecular weight excluding hydrogens is 380 g/mol.